The van der Waals surface area contributed by atoms with Gasteiger partial charge >= 0.3 is 0 Å². The smallest absolute Gasteiger partial charge is 0.261 e. The number of carbonyl (C=O) groups is 2. The van der Waals surface area contributed by atoms with Gasteiger partial charge in [0.05, 0.1) is 4.88 Å². The number of rotatable bonds is 4. The Hall–Kier alpha value is -2.14. The lowest BCUT2D eigenvalue weighted by Crippen LogP contribution is -2.24. The zero-order valence-corrected chi connectivity index (χ0v) is 15.0. The molecule has 2 heterocycles. The molecule has 2 aromatic rings. The van der Waals surface area contributed by atoms with Crippen LogP contribution in [-0.2, 0) is 24.2 Å². The quantitative estimate of drug-likeness (QED) is 0.910. The zero-order chi connectivity index (χ0) is 17.2. The molecule has 0 saturated carbocycles. The van der Waals surface area contributed by atoms with Crippen LogP contribution in [-0.4, -0.2) is 18.4 Å². The van der Waals surface area contributed by atoms with E-state index in [1.165, 1.54) is 23.3 Å². The SMILES string of the molecule is O=C(NCc1ccc(N2CCCC2=O)cc1)c1cc2c(s1)CCCC2. The number of aryl methyl sites for hydroxylation is 2. The molecule has 2 amide bonds. The van der Waals surface area contributed by atoms with Crippen LogP contribution in [0.4, 0.5) is 5.69 Å². The first-order valence-electron chi connectivity index (χ1n) is 9.00. The molecule has 1 saturated heterocycles. The average Bonchev–Trinajstić information content (AvgIpc) is 3.26. The second-order valence-corrected chi connectivity index (χ2v) is 7.90. The number of hydrogen-bond acceptors (Lipinski definition) is 3. The highest BCUT2D eigenvalue weighted by Crippen LogP contribution is 2.29. The first-order chi connectivity index (χ1) is 12.2. The third kappa shape index (κ3) is 3.47. The van der Waals surface area contributed by atoms with Gasteiger partial charge in [0.25, 0.3) is 5.91 Å². The van der Waals surface area contributed by atoms with Crippen LogP contribution in [0.3, 0.4) is 0 Å². The molecule has 0 spiro atoms. The van der Waals surface area contributed by atoms with Gasteiger partial charge in [-0.1, -0.05) is 12.1 Å². The Bertz CT molecular complexity index is 771. The van der Waals surface area contributed by atoms with Crippen molar-refractivity contribution >= 4 is 28.8 Å². The van der Waals surface area contributed by atoms with Crippen molar-refractivity contribution in [2.45, 2.75) is 45.1 Å². The fourth-order valence-corrected chi connectivity index (χ4v) is 4.76. The summed E-state index contributed by atoms with van der Waals surface area (Å²) >= 11 is 1.64. The van der Waals surface area contributed by atoms with E-state index in [-0.39, 0.29) is 11.8 Å². The Balaban J connectivity index is 1.37. The lowest BCUT2D eigenvalue weighted by Gasteiger charge is -2.16. The highest BCUT2D eigenvalue weighted by molar-refractivity contribution is 7.14. The van der Waals surface area contributed by atoms with Crippen molar-refractivity contribution in [1.82, 2.24) is 5.32 Å². The standard InChI is InChI=1S/C20H22N2O2S/c23-19-6-3-11-22(19)16-9-7-14(8-10-16)13-21-20(24)18-12-15-4-1-2-5-17(15)25-18/h7-10,12H,1-6,11,13H2,(H,21,24). The summed E-state index contributed by atoms with van der Waals surface area (Å²) in [4.78, 5) is 28.2. The summed E-state index contributed by atoms with van der Waals surface area (Å²) in [6.45, 7) is 1.31. The van der Waals surface area contributed by atoms with Crippen molar-refractivity contribution in [2.24, 2.45) is 0 Å². The molecule has 1 N–H and O–H groups in total. The van der Waals surface area contributed by atoms with Crippen molar-refractivity contribution in [3.63, 3.8) is 0 Å². The molecule has 0 radical (unpaired) electrons. The van der Waals surface area contributed by atoms with Crippen molar-refractivity contribution in [1.29, 1.82) is 0 Å². The van der Waals surface area contributed by atoms with Gasteiger partial charge in [0.2, 0.25) is 5.91 Å². The van der Waals surface area contributed by atoms with Crippen LogP contribution < -0.4 is 10.2 Å². The third-order valence-electron chi connectivity index (χ3n) is 4.99. The second kappa shape index (κ2) is 7.00. The minimum atomic E-state index is 0.0122. The summed E-state index contributed by atoms with van der Waals surface area (Å²) in [7, 11) is 0. The molecule has 1 aliphatic carbocycles. The van der Waals surface area contributed by atoms with Crippen LogP contribution in [0.2, 0.25) is 0 Å². The van der Waals surface area contributed by atoms with Gasteiger partial charge in [-0.2, -0.15) is 0 Å². The summed E-state index contributed by atoms with van der Waals surface area (Å²) in [6.07, 6.45) is 6.26. The van der Waals surface area contributed by atoms with Crippen molar-refractivity contribution < 1.29 is 9.59 Å². The fourth-order valence-electron chi connectivity index (χ4n) is 3.59. The van der Waals surface area contributed by atoms with Crippen molar-refractivity contribution in [3.8, 4) is 0 Å². The number of fused-ring (bicyclic) bond motifs is 1. The van der Waals surface area contributed by atoms with Gasteiger partial charge in [-0.3, -0.25) is 9.59 Å². The summed E-state index contributed by atoms with van der Waals surface area (Å²) in [5.74, 6) is 0.209. The molecule has 4 nitrogen and oxygen atoms in total. The Morgan fingerprint density at radius 1 is 1.08 bits per heavy atom. The monoisotopic (exact) mass is 354 g/mol. The first-order valence-corrected chi connectivity index (χ1v) is 9.81. The highest BCUT2D eigenvalue weighted by Gasteiger charge is 2.21. The number of benzene rings is 1. The van der Waals surface area contributed by atoms with Crippen molar-refractivity contribution in [2.75, 3.05) is 11.4 Å². The van der Waals surface area contributed by atoms with E-state index >= 15 is 0 Å². The van der Waals surface area contributed by atoms with Crippen LogP contribution in [0, 0.1) is 0 Å². The number of nitrogens with zero attached hydrogens (tertiary/aromatic N) is 1. The molecule has 5 heteroatoms. The summed E-state index contributed by atoms with van der Waals surface area (Å²) in [5, 5.41) is 3.01. The molecule has 1 aromatic heterocycles. The zero-order valence-electron chi connectivity index (χ0n) is 14.2. The third-order valence-corrected chi connectivity index (χ3v) is 6.23. The summed E-state index contributed by atoms with van der Waals surface area (Å²) in [5.41, 5.74) is 3.36. The van der Waals surface area contributed by atoms with E-state index in [0.717, 1.165) is 41.9 Å². The normalized spacial score (nSPS) is 16.8. The van der Waals surface area contributed by atoms with Gasteiger partial charge in [-0.05, 0) is 61.4 Å². The number of amides is 2. The number of hydrogen-bond donors (Lipinski definition) is 1. The Morgan fingerprint density at radius 3 is 2.60 bits per heavy atom. The molecule has 0 unspecified atom stereocenters. The molecule has 130 valence electrons. The van der Waals surface area contributed by atoms with Crippen LogP contribution >= 0.6 is 11.3 Å². The van der Waals surface area contributed by atoms with Crippen molar-refractivity contribution in [3.05, 3.63) is 51.2 Å². The molecule has 1 fully saturated rings. The van der Waals surface area contributed by atoms with Crippen LogP contribution in [0.25, 0.3) is 0 Å². The lowest BCUT2D eigenvalue weighted by molar-refractivity contribution is -0.117. The van der Waals surface area contributed by atoms with E-state index < -0.39 is 0 Å². The molecule has 0 atom stereocenters. The van der Waals surface area contributed by atoms with Gasteiger partial charge in [0, 0.05) is 30.1 Å². The Labute approximate surface area is 151 Å². The number of anilines is 1. The van der Waals surface area contributed by atoms with Gasteiger partial charge in [-0.15, -0.1) is 11.3 Å². The molecule has 0 bridgehead atoms. The maximum absolute atomic E-state index is 12.4. The van der Waals surface area contributed by atoms with Gasteiger partial charge < -0.3 is 10.2 Å². The van der Waals surface area contributed by atoms with E-state index in [0.29, 0.717) is 13.0 Å². The topological polar surface area (TPSA) is 49.4 Å². The maximum atomic E-state index is 12.4. The van der Waals surface area contributed by atoms with E-state index in [1.807, 2.05) is 29.2 Å². The average molecular weight is 354 g/mol. The number of thiophene rings is 1. The molecule has 1 aromatic carbocycles. The predicted octanol–water partition coefficient (Wildman–Crippen LogP) is 3.68. The molecular formula is C20H22N2O2S. The van der Waals surface area contributed by atoms with Crippen LogP contribution in [0.1, 0.15) is 51.4 Å². The second-order valence-electron chi connectivity index (χ2n) is 6.76. The largest absolute Gasteiger partial charge is 0.347 e. The van der Waals surface area contributed by atoms with Crippen LogP contribution in [0.15, 0.2) is 30.3 Å². The molecular weight excluding hydrogens is 332 g/mol. The van der Waals surface area contributed by atoms with Crippen LogP contribution in [0.5, 0.6) is 0 Å². The van der Waals surface area contributed by atoms with Gasteiger partial charge in [0.15, 0.2) is 0 Å². The van der Waals surface area contributed by atoms with E-state index in [1.54, 1.807) is 11.3 Å². The minimum absolute atomic E-state index is 0.0122. The maximum Gasteiger partial charge on any atom is 0.261 e. The molecule has 25 heavy (non-hydrogen) atoms. The Morgan fingerprint density at radius 2 is 1.88 bits per heavy atom. The van der Waals surface area contributed by atoms with Gasteiger partial charge in [0.1, 0.15) is 0 Å². The van der Waals surface area contributed by atoms with Gasteiger partial charge in [-0.25, -0.2) is 0 Å². The number of carbonyl (C=O) groups excluding carboxylic acids is 2. The molecule has 1 aliphatic heterocycles. The predicted molar refractivity (Wildman–Crippen MR) is 100 cm³/mol. The minimum Gasteiger partial charge on any atom is -0.347 e. The van der Waals surface area contributed by atoms with E-state index in [4.69, 9.17) is 0 Å². The highest BCUT2D eigenvalue weighted by atomic mass is 32.1. The first kappa shape index (κ1) is 16.3. The molecule has 2 aliphatic rings. The number of nitrogens with one attached hydrogen (secondary N) is 1. The van der Waals surface area contributed by atoms with E-state index in [2.05, 4.69) is 11.4 Å². The summed E-state index contributed by atoms with van der Waals surface area (Å²) in [6, 6.07) is 9.97. The lowest BCUT2D eigenvalue weighted by atomic mass is 9.99. The summed E-state index contributed by atoms with van der Waals surface area (Å²) < 4.78 is 0. The molecule has 4 rings (SSSR count). The Kier molecular flexibility index (Phi) is 4.57. The van der Waals surface area contributed by atoms with E-state index in [9.17, 15) is 9.59 Å². The fraction of sp³-hybridized carbons (Fsp3) is 0.400.